The molecule has 1 unspecified atom stereocenters. The number of nitrogens with one attached hydrogen (secondary N) is 1. The van der Waals surface area contributed by atoms with Crippen LogP contribution in [0.5, 0.6) is 0 Å². The molecule has 46 heavy (non-hydrogen) atoms. The van der Waals surface area contributed by atoms with Gasteiger partial charge in [-0.05, 0) is 64.2 Å². The monoisotopic (exact) mass is 673 g/mol. The number of quaternary nitrogens is 1. The van der Waals surface area contributed by atoms with Crippen molar-refractivity contribution < 1.29 is 32.9 Å². The number of likely N-dealkylation sites (N-methyl/N-ethyl adjacent to an activating group) is 1. The first-order valence-corrected chi connectivity index (χ1v) is 20.1. The first-order chi connectivity index (χ1) is 22.0. The standard InChI is InChI=1S/C37H73N2O6P/c1-6-8-10-12-14-16-18-19-21-23-25-27-29-31-37(41)38-35(34-45-46(42,43)44-33-32-39(3,4)5)36(40)30-28-26-24-22-20-17-15-13-11-9-7-2/h16,18,20,22,35-36,40H,6-15,17,19,21,23-34H2,1-5H3,(H-,38,41,42,43)/b18-16+,22-20+/t35-,36+/m0/s1. The Balaban J connectivity index is 4.54. The summed E-state index contributed by atoms with van der Waals surface area (Å²) in [5.74, 6) is -0.188. The van der Waals surface area contributed by atoms with Crippen molar-refractivity contribution >= 4 is 13.7 Å². The minimum Gasteiger partial charge on any atom is -0.756 e. The molecule has 0 aromatic rings. The van der Waals surface area contributed by atoms with Gasteiger partial charge in [0, 0.05) is 6.42 Å². The predicted molar refractivity (Wildman–Crippen MR) is 192 cm³/mol. The number of hydrogen-bond donors (Lipinski definition) is 2. The number of phosphoric ester groups is 1. The van der Waals surface area contributed by atoms with Crippen molar-refractivity contribution in [2.75, 3.05) is 40.9 Å². The van der Waals surface area contributed by atoms with E-state index in [1.54, 1.807) is 0 Å². The molecule has 0 fully saturated rings. The van der Waals surface area contributed by atoms with E-state index in [-0.39, 0.29) is 19.1 Å². The molecule has 0 radical (unpaired) electrons. The van der Waals surface area contributed by atoms with Gasteiger partial charge < -0.3 is 28.8 Å². The quantitative estimate of drug-likeness (QED) is 0.0312. The number of phosphoric acid groups is 1. The summed E-state index contributed by atoms with van der Waals surface area (Å²) in [6.45, 7) is 4.62. The maximum atomic E-state index is 12.7. The van der Waals surface area contributed by atoms with Gasteiger partial charge in [-0.25, -0.2) is 0 Å². The summed E-state index contributed by atoms with van der Waals surface area (Å²) in [5.41, 5.74) is 0. The number of nitrogens with zero attached hydrogens (tertiary/aromatic N) is 1. The van der Waals surface area contributed by atoms with Crippen molar-refractivity contribution in [2.45, 2.75) is 167 Å². The molecule has 0 rings (SSSR count). The van der Waals surface area contributed by atoms with Crippen LogP contribution in [0.4, 0.5) is 0 Å². The third-order valence-corrected chi connectivity index (χ3v) is 9.13. The Kier molecular flexibility index (Phi) is 29.4. The second kappa shape index (κ2) is 30.1. The van der Waals surface area contributed by atoms with Crippen LogP contribution in [-0.4, -0.2) is 68.5 Å². The van der Waals surface area contributed by atoms with Crippen molar-refractivity contribution in [3.05, 3.63) is 24.3 Å². The Morgan fingerprint density at radius 2 is 1.20 bits per heavy atom. The Morgan fingerprint density at radius 3 is 1.72 bits per heavy atom. The van der Waals surface area contributed by atoms with E-state index in [0.29, 0.717) is 23.9 Å². The van der Waals surface area contributed by atoms with Crippen molar-refractivity contribution in [1.82, 2.24) is 5.32 Å². The van der Waals surface area contributed by atoms with Crippen LogP contribution in [0.1, 0.15) is 155 Å². The van der Waals surface area contributed by atoms with Gasteiger partial charge in [-0.15, -0.1) is 0 Å². The molecule has 0 saturated heterocycles. The predicted octanol–water partition coefficient (Wildman–Crippen LogP) is 8.77. The highest BCUT2D eigenvalue weighted by atomic mass is 31.2. The summed E-state index contributed by atoms with van der Waals surface area (Å²) in [6, 6.07) is -0.816. The van der Waals surface area contributed by atoms with Crippen LogP contribution >= 0.6 is 7.82 Å². The molecule has 0 bridgehead atoms. The SMILES string of the molecule is CCCCCC/C=C/CCCCCCCC(=O)N[C@@H](COP(=O)([O-])OCC[N+](C)(C)C)[C@H](O)CCCC/C=C/CCCCCCC. The zero-order valence-corrected chi connectivity index (χ0v) is 31.4. The molecule has 2 N–H and O–H groups in total. The number of aliphatic hydroxyl groups excluding tert-OH is 1. The number of allylic oxidation sites excluding steroid dienone is 4. The smallest absolute Gasteiger partial charge is 0.268 e. The maximum Gasteiger partial charge on any atom is 0.268 e. The Hall–Kier alpha value is -1.02. The van der Waals surface area contributed by atoms with E-state index in [1.807, 2.05) is 21.1 Å². The zero-order chi connectivity index (χ0) is 34.4. The molecular formula is C37H73N2O6P. The van der Waals surface area contributed by atoms with Crippen LogP contribution in [-0.2, 0) is 18.4 Å². The van der Waals surface area contributed by atoms with E-state index in [2.05, 4.69) is 43.5 Å². The number of unbranched alkanes of at least 4 members (excludes halogenated alkanes) is 16. The van der Waals surface area contributed by atoms with Gasteiger partial charge >= 0.3 is 0 Å². The van der Waals surface area contributed by atoms with Crippen molar-refractivity contribution in [2.24, 2.45) is 0 Å². The second-order valence-corrected chi connectivity index (χ2v) is 15.3. The second-order valence-electron chi connectivity index (χ2n) is 13.9. The fourth-order valence-electron chi connectivity index (χ4n) is 5.08. The highest BCUT2D eigenvalue weighted by molar-refractivity contribution is 7.45. The summed E-state index contributed by atoms with van der Waals surface area (Å²) in [4.78, 5) is 25.1. The molecule has 9 heteroatoms. The lowest BCUT2D eigenvalue weighted by Gasteiger charge is -2.30. The van der Waals surface area contributed by atoms with Crippen LogP contribution in [0.2, 0.25) is 0 Å². The third-order valence-electron chi connectivity index (χ3n) is 8.16. The van der Waals surface area contributed by atoms with Crippen molar-refractivity contribution in [3.63, 3.8) is 0 Å². The molecule has 3 atom stereocenters. The van der Waals surface area contributed by atoms with Crippen molar-refractivity contribution in [1.29, 1.82) is 0 Å². The first kappa shape index (κ1) is 45.0. The molecule has 0 aromatic heterocycles. The van der Waals surface area contributed by atoms with Crippen LogP contribution in [0, 0.1) is 0 Å². The number of carbonyl (C=O) groups is 1. The van der Waals surface area contributed by atoms with E-state index in [0.717, 1.165) is 57.8 Å². The fraction of sp³-hybridized carbons (Fsp3) is 0.865. The minimum absolute atomic E-state index is 0.00541. The Morgan fingerprint density at radius 1 is 0.739 bits per heavy atom. The summed E-state index contributed by atoms with van der Waals surface area (Å²) >= 11 is 0. The lowest BCUT2D eigenvalue weighted by molar-refractivity contribution is -0.870. The Bertz CT molecular complexity index is 814. The number of amides is 1. The van der Waals surface area contributed by atoms with Gasteiger partial charge in [0.2, 0.25) is 5.91 Å². The minimum atomic E-state index is -4.56. The van der Waals surface area contributed by atoms with E-state index in [4.69, 9.17) is 9.05 Å². The van der Waals surface area contributed by atoms with E-state index in [1.165, 1.54) is 70.6 Å². The van der Waals surface area contributed by atoms with Gasteiger partial charge in [0.25, 0.3) is 7.82 Å². The lowest BCUT2D eigenvalue weighted by Crippen LogP contribution is -2.46. The molecule has 0 aliphatic carbocycles. The summed E-state index contributed by atoms with van der Waals surface area (Å²) in [6.07, 6.45) is 31.8. The number of rotatable bonds is 33. The molecule has 1 amide bonds. The lowest BCUT2D eigenvalue weighted by atomic mass is 10.0. The van der Waals surface area contributed by atoms with Crippen LogP contribution in [0.15, 0.2) is 24.3 Å². The first-order valence-electron chi connectivity index (χ1n) is 18.7. The average Bonchev–Trinajstić information content (AvgIpc) is 2.99. The highest BCUT2D eigenvalue weighted by Gasteiger charge is 2.24. The number of aliphatic hydroxyl groups is 1. The normalized spacial score (nSPS) is 15.0. The summed E-state index contributed by atoms with van der Waals surface area (Å²) < 4.78 is 23.1. The van der Waals surface area contributed by atoms with Gasteiger partial charge in [-0.2, -0.15) is 0 Å². The van der Waals surface area contributed by atoms with Crippen LogP contribution in [0.25, 0.3) is 0 Å². The maximum absolute atomic E-state index is 12.7. The van der Waals surface area contributed by atoms with Gasteiger partial charge in [0.15, 0.2) is 0 Å². The number of carbonyl (C=O) groups excluding carboxylic acids is 1. The van der Waals surface area contributed by atoms with Crippen LogP contribution in [0.3, 0.4) is 0 Å². The van der Waals surface area contributed by atoms with Crippen molar-refractivity contribution in [3.8, 4) is 0 Å². The summed E-state index contributed by atoms with van der Waals surface area (Å²) in [5, 5.41) is 13.8. The molecule has 0 aliphatic rings. The highest BCUT2D eigenvalue weighted by Crippen LogP contribution is 2.38. The molecule has 0 spiro atoms. The molecule has 0 aromatic carbocycles. The zero-order valence-electron chi connectivity index (χ0n) is 30.5. The molecule has 8 nitrogen and oxygen atoms in total. The molecule has 0 aliphatic heterocycles. The number of hydrogen-bond acceptors (Lipinski definition) is 6. The molecule has 272 valence electrons. The van der Waals surface area contributed by atoms with Gasteiger partial charge in [0.05, 0.1) is 39.9 Å². The van der Waals surface area contributed by atoms with E-state index in [9.17, 15) is 19.4 Å². The van der Waals surface area contributed by atoms with E-state index < -0.39 is 20.0 Å². The van der Waals surface area contributed by atoms with Gasteiger partial charge in [-0.1, -0.05) is 109 Å². The topological polar surface area (TPSA) is 108 Å². The molecule has 0 heterocycles. The van der Waals surface area contributed by atoms with E-state index >= 15 is 0 Å². The van der Waals surface area contributed by atoms with Gasteiger partial charge in [-0.3, -0.25) is 9.36 Å². The fourth-order valence-corrected chi connectivity index (χ4v) is 5.81. The molecular weight excluding hydrogens is 599 g/mol. The third kappa shape index (κ3) is 31.6. The average molecular weight is 673 g/mol. The molecule has 0 saturated carbocycles. The van der Waals surface area contributed by atoms with Crippen LogP contribution < -0.4 is 10.2 Å². The van der Waals surface area contributed by atoms with Gasteiger partial charge in [0.1, 0.15) is 13.2 Å². The Labute approximate surface area is 284 Å². The largest absolute Gasteiger partial charge is 0.756 e. The summed E-state index contributed by atoms with van der Waals surface area (Å²) in [7, 11) is 1.28.